The quantitative estimate of drug-likeness (QED) is 0.490. The number of fused-ring (bicyclic) bond motifs is 2. The number of para-hydroxylation sites is 1. The highest BCUT2D eigenvalue weighted by Gasteiger charge is 2.24. The lowest BCUT2D eigenvalue weighted by molar-refractivity contribution is 0.0968. The molecule has 0 bridgehead atoms. The minimum Gasteiger partial charge on any atom is -0.451 e. The summed E-state index contributed by atoms with van der Waals surface area (Å²) >= 11 is 7.51. The third-order valence-corrected chi connectivity index (χ3v) is 5.31. The maximum absolute atomic E-state index is 12.9. The van der Waals surface area contributed by atoms with E-state index < -0.39 is 0 Å². The smallest absolute Gasteiger partial charge is 0.295 e. The summed E-state index contributed by atoms with van der Waals surface area (Å²) in [4.78, 5) is 18.9. The van der Waals surface area contributed by atoms with Crippen LogP contribution < -0.4 is 4.90 Å². The van der Waals surface area contributed by atoms with Crippen molar-refractivity contribution in [3.05, 3.63) is 58.8 Å². The summed E-state index contributed by atoms with van der Waals surface area (Å²) in [5.74, 6) is 0.0906. The molecule has 0 saturated carbocycles. The van der Waals surface area contributed by atoms with E-state index in [9.17, 15) is 4.79 Å². The predicted molar refractivity (Wildman–Crippen MR) is 98.3 cm³/mol. The van der Waals surface area contributed by atoms with Crippen LogP contribution in [0.5, 0.6) is 0 Å². The third-order valence-electron chi connectivity index (χ3n) is 3.97. The summed E-state index contributed by atoms with van der Waals surface area (Å²) in [6.07, 6.45) is 0. The van der Waals surface area contributed by atoms with Crippen molar-refractivity contribution in [2.45, 2.75) is 6.92 Å². The molecule has 2 heterocycles. The van der Waals surface area contributed by atoms with Crippen molar-refractivity contribution in [2.75, 3.05) is 11.9 Å². The van der Waals surface area contributed by atoms with Gasteiger partial charge in [-0.3, -0.25) is 9.69 Å². The second-order valence-corrected chi connectivity index (χ2v) is 6.97. The molecule has 0 aliphatic rings. The fourth-order valence-electron chi connectivity index (χ4n) is 2.64. The number of carbonyl (C=O) groups is 1. The Labute approximate surface area is 147 Å². The van der Waals surface area contributed by atoms with Crippen LogP contribution in [0.25, 0.3) is 21.2 Å². The average molecular weight is 357 g/mol. The maximum Gasteiger partial charge on any atom is 0.295 e. The van der Waals surface area contributed by atoms with Crippen LogP contribution in [0.2, 0.25) is 5.02 Å². The lowest BCUT2D eigenvalue weighted by atomic mass is 10.1. The topological polar surface area (TPSA) is 46.3 Å². The molecular formula is C18H13ClN2O2S. The van der Waals surface area contributed by atoms with Crippen molar-refractivity contribution in [3.63, 3.8) is 0 Å². The molecule has 24 heavy (non-hydrogen) atoms. The Balaban J connectivity index is 1.76. The van der Waals surface area contributed by atoms with Crippen LogP contribution in [0.3, 0.4) is 0 Å². The van der Waals surface area contributed by atoms with Crippen LogP contribution in [-0.2, 0) is 0 Å². The molecule has 6 heteroatoms. The summed E-state index contributed by atoms with van der Waals surface area (Å²) < 4.78 is 6.80. The molecule has 0 fully saturated rings. The zero-order chi connectivity index (χ0) is 16.8. The van der Waals surface area contributed by atoms with Gasteiger partial charge in [0.25, 0.3) is 5.91 Å². The minimum absolute atomic E-state index is 0.223. The first-order valence-corrected chi connectivity index (χ1v) is 8.56. The predicted octanol–water partition coefficient (Wildman–Crippen LogP) is 5.28. The molecule has 0 aliphatic carbocycles. The Hall–Kier alpha value is -2.37. The zero-order valence-electron chi connectivity index (χ0n) is 13.0. The van der Waals surface area contributed by atoms with Crippen LogP contribution in [0.4, 0.5) is 5.13 Å². The number of hydrogen-bond acceptors (Lipinski definition) is 4. The monoisotopic (exact) mass is 356 g/mol. The SMILES string of the molecule is Cc1c(C(=O)N(C)c2nc3ccccc3s2)oc2ccc(Cl)cc12. The van der Waals surface area contributed by atoms with Crippen molar-refractivity contribution in [1.29, 1.82) is 0 Å². The van der Waals surface area contributed by atoms with Crippen molar-refractivity contribution in [1.82, 2.24) is 4.98 Å². The normalized spacial score (nSPS) is 11.3. The van der Waals surface area contributed by atoms with Gasteiger partial charge in [0, 0.05) is 23.0 Å². The van der Waals surface area contributed by atoms with E-state index in [-0.39, 0.29) is 5.91 Å². The number of nitrogens with zero attached hydrogens (tertiary/aromatic N) is 2. The molecule has 120 valence electrons. The van der Waals surface area contributed by atoms with Gasteiger partial charge < -0.3 is 4.42 Å². The third kappa shape index (κ3) is 2.37. The Morgan fingerprint density at radius 1 is 1.25 bits per heavy atom. The molecule has 4 aromatic rings. The molecule has 2 aromatic heterocycles. The lowest BCUT2D eigenvalue weighted by Gasteiger charge is -2.12. The van der Waals surface area contributed by atoms with E-state index in [0.29, 0.717) is 21.5 Å². The maximum atomic E-state index is 12.9. The number of halogens is 1. The highest BCUT2D eigenvalue weighted by Crippen LogP contribution is 2.32. The second-order valence-electron chi connectivity index (χ2n) is 5.53. The molecule has 0 spiro atoms. The minimum atomic E-state index is -0.223. The van der Waals surface area contributed by atoms with Crippen molar-refractivity contribution < 1.29 is 9.21 Å². The number of rotatable bonds is 2. The van der Waals surface area contributed by atoms with Gasteiger partial charge in [0.1, 0.15) is 5.58 Å². The van der Waals surface area contributed by atoms with Crippen LogP contribution in [0, 0.1) is 6.92 Å². The molecule has 0 atom stereocenters. The zero-order valence-corrected chi connectivity index (χ0v) is 14.6. The molecule has 4 rings (SSSR count). The van der Waals surface area contributed by atoms with Crippen molar-refractivity contribution in [2.24, 2.45) is 0 Å². The van der Waals surface area contributed by atoms with Crippen LogP contribution in [0.1, 0.15) is 16.1 Å². The summed E-state index contributed by atoms with van der Waals surface area (Å²) in [6, 6.07) is 13.1. The number of amides is 1. The largest absolute Gasteiger partial charge is 0.451 e. The van der Waals surface area contributed by atoms with E-state index >= 15 is 0 Å². The number of anilines is 1. The molecule has 0 aliphatic heterocycles. The van der Waals surface area contributed by atoms with Gasteiger partial charge in [0.15, 0.2) is 10.9 Å². The Bertz CT molecular complexity index is 1050. The van der Waals surface area contributed by atoms with E-state index in [1.165, 1.54) is 16.2 Å². The fraction of sp³-hybridized carbons (Fsp3) is 0.111. The van der Waals surface area contributed by atoms with Gasteiger partial charge in [0.2, 0.25) is 0 Å². The number of thiazole rings is 1. The number of carbonyl (C=O) groups excluding carboxylic acids is 1. The highest BCUT2D eigenvalue weighted by molar-refractivity contribution is 7.22. The summed E-state index contributed by atoms with van der Waals surface area (Å²) in [5, 5.41) is 2.10. The Morgan fingerprint density at radius 2 is 2.04 bits per heavy atom. The molecule has 0 N–H and O–H groups in total. The first-order valence-electron chi connectivity index (χ1n) is 7.37. The first kappa shape index (κ1) is 15.2. The molecule has 1 amide bonds. The Morgan fingerprint density at radius 3 is 2.83 bits per heavy atom. The number of aryl methyl sites for hydroxylation is 1. The summed E-state index contributed by atoms with van der Waals surface area (Å²) in [6.45, 7) is 1.86. The van der Waals surface area contributed by atoms with Crippen molar-refractivity contribution >= 4 is 55.2 Å². The number of aromatic nitrogens is 1. The van der Waals surface area contributed by atoms with Crippen LogP contribution >= 0.6 is 22.9 Å². The first-order chi connectivity index (χ1) is 11.5. The van der Waals surface area contributed by atoms with E-state index in [2.05, 4.69) is 4.98 Å². The molecule has 4 nitrogen and oxygen atoms in total. The van der Waals surface area contributed by atoms with Crippen LogP contribution in [0.15, 0.2) is 46.9 Å². The fourth-order valence-corrected chi connectivity index (χ4v) is 3.74. The number of hydrogen-bond donors (Lipinski definition) is 0. The molecular weight excluding hydrogens is 344 g/mol. The lowest BCUT2D eigenvalue weighted by Crippen LogP contribution is -2.26. The molecule has 0 radical (unpaired) electrons. The second kappa shape index (κ2) is 5.61. The van der Waals surface area contributed by atoms with E-state index in [1.807, 2.05) is 37.3 Å². The molecule has 0 saturated heterocycles. The van der Waals surface area contributed by atoms with E-state index in [4.69, 9.17) is 16.0 Å². The van der Waals surface area contributed by atoms with Crippen molar-refractivity contribution in [3.8, 4) is 0 Å². The average Bonchev–Trinajstić information content (AvgIpc) is 3.15. The van der Waals surface area contributed by atoms with Crippen LogP contribution in [-0.4, -0.2) is 17.9 Å². The van der Waals surface area contributed by atoms with Gasteiger partial charge in [-0.15, -0.1) is 0 Å². The number of furan rings is 1. The summed E-state index contributed by atoms with van der Waals surface area (Å²) in [7, 11) is 1.71. The van der Waals surface area contributed by atoms with Gasteiger partial charge >= 0.3 is 0 Å². The number of benzene rings is 2. The van der Waals surface area contributed by atoms with E-state index in [1.54, 1.807) is 19.2 Å². The van der Waals surface area contributed by atoms with Gasteiger partial charge in [-0.2, -0.15) is 0 Å². The molecule has 0 unspecified atom stereocenters. The van der Waals surface area contributed by atoms with Gasteiger partial charge in [0.05, 0.1) is 10.2 Å². The highest BCUT2D eigenvalue weighted by atomic mass is 35.5. The van der Waals surface area contributed by atoms with Gasteiger partial charge in [-0.25, -0.2) is 4.98 Å². The standard InChI is InChI=1S/C18H13ClN2O2S/c1-10-12-9-11(19)7-8-14(12)23-16(10)17(22)21(2)18-20-13-5-3-4-6-15(13)24-18/h3-9H,1-2H3. The summed E-state index contributed by atoms with van der Waals surface area (Å²) in [5.41, 5.74) is 2.31. The molecule has 2 aromatic carbocycles. The van der Waals surface area contributed by atoms with Gasteiger partial charge in [-0.05, 0) is 37.3 Å². The van der Waals surface area contributed by atoms with Gasteiger partial charge in [-0.1, -0.05) is 35.1 Å². The van der Waals surface area contributed by atoms with E-state index in [0.717, 1.165) is 21.2 Å². The Kier molecular flexibility index (Phi) is 3.55.